The maximum Gasteiger partial charge on any atom is 0.387 e. The van der Waals surface area contributed by atoms with Crippen molar-refractivity contribution in [3.63, 3.8) is 0 Å². The second-order valence-electron chi connectivity index (χ2n) is 5.78. The van der Waals surface area contributed by atoms with Crippen molar-refractivity contribution in [3.8, 4) is 5.75 Å². The maximum absolute atomic E-state index is 12.4. The van der Waals surface area contributed by atoms with Crippen molar-refractivity contribution in [1.29, 1.82) is 0 Å². The molecule has 2 aromatic rings. The monoisotopic (exact) mass is 409 g/mol. The van der Waals surface area contributed by atoms with E-state index in [9.17, 15) is 18.4 Å². The van der Waals surface area contributed by atoms with Crippen LogP contribution in [0.4, 0.5) is 14.5 Å². The second kappa shape index (κ2) is 9.85. The molecule has 1 atom stereocenters. The summed E-state index contributed by atoms with van der Waals surface area (Å²) in [4.78, 5) is 24.1. The van der Waals surface area contributed by atoms with Crippen LogP contribution in [0.5, 0.6) is 5.75 Å². The number of hydrogen-bond donors (Lipinski definition) is 1. The van der Waals surface area contributed by atoms with Gasteiger partial charge in [0.15, 0.2) is 6.10 Å². The highest BCUT2D eigenvalue weighted by molar-refractivity contribution is 6.31. The van der Waals surface area contributed by atoms with E-state index in [1.807, 2.05) is 13.0 Å². The number of amides is 1. The smallest absolute Gasteiger partial charge is 0.387 e. The minimum atomic E-state index is -3.03. The zero-order valence-corrected chi connectivity index (χ0v) is 15.9. The van der Waals surface area contributed by atoms with Crippen molar-refractivity contribution >= 4 is 35.2 Å². The van der Waals surface area contributed by atoms with Crippen LogP contribution in [0.3, 0.4) is 0 Å². The molecule has 0 spiro atoms. The van der Waals surface area contributed by atoms with Crippen molar-refractivity contribution < 1.29 is 27.8 Å². The minimum Gasteiger partial charge on any atom is -0.449 e. The first-order chi connectivity index (χ1) is 13.3. The summed E-state index contributed by atoms with van der Waals surface area (Å²) in [5.41, 5.74) is 1.64. The number of anilines is 1. The van der Waals surface area contributed by atoms with E-state index >= 15 is 0 Å². The fourth-order valence-corrected chi connectivity index (χ4v) is 2.34. The van der Waals surface area contributed by atoms with Gasteiger partial charge in [0.1, 0.15) is 5.75 Å². The normalized spacial score (nSPS) is 12.1. The average molecular weight is 410 g/mol. The van der Waals surface area contributed by atoms with Crippen LogP contribution >= 0.6 is 11.6 Å². The Hall–Kier alpha value is -2.93. The van der Waals surface area contributed by atoms with Gasteiger partial charge in [0.2, 0.25) is 0 Å². The van der Waals surface area contributed by atoms with Gasteiger partial charge in [0, 0.05) is 11.1 Å². The zero-order valence-electron chi connectivity index (χ0n) is 15.1. The summed E-state index contributed by atoms with van der Waals surface area (Å²) in [5.74, 6) is -1.62. The van der Waals surface area contributed by atoms with Gasteiger partial charge < -0.3 is 14.8 Å². The molecule has 1 N–H and O–H groups in total. The Morgan fingerprint density at radius 3 is 2.57 bits per heavy atom. The maximum atomic E-state index is 12.4. The number of ether oxygens (including phenoxy) is 2. The molecule has 1 amide bonds. The molecule has 0 fully saturated rings. The fourth-order valence-electron chi connectivity index (χ4n) is 2.15. The van der Waals surface area contributed by atoms with Gasteiger partial charge in [0.05, 0.1) is 5.69 Å². The molecule has 148 valence electrons. The Labute approximate surface area is 165 Å². The topological polar surface area (TPSA) is 64.6 Å². The lowest BCUT2D eigenvalue weighted by Gasteiger charge is -2.15. The molecule has 0 radical (unpaired) electrons. The summed E-state index contributed by atoms with van der Waals surface area (Å²) in [5, 5.41) is 2.96. The van der Waals surface area contributed by atoms with Crippen LogP contribution < -0.4 is 10.1 Å². The molecule has 0 saturated heterocycles. The molecular formula is C20H18ClF2NO4. The van der Waals surface area contributed by atoms with Crippen molar-refractivity contribution in [2.75, 3.05) is 5.32 Å². The van der Waals surface area contributed by atoms with E-state index in [4.69, 9.17) is 16.3 Å². The standard InChI is InChI=1S/C20H18ClF2NO4/c1-12-7-8-14(11-15(12)21)9-10-18(25)27-13(2)19(26)24-16-5-3-4-6-17(16)28-20(22)23/h3-11,13,20H,1-2H3,(H,24,26)/b10-9+/t13-/m0/s1. The Kier molecular flexibility index (Phi) is 7.52. The highest BCUT2D eigenvalue weighted by Crippen LogP contribution is 2.25. The van der Waals surface area contributed by atoms with E-state index in [-0.39, 0.29) is 11.4 Å². The number of rotatable bonds is 7. The molecule has 0 bridgehead atoms. The molecule has 5 nitrogen and oxygen atoms in total. The van der Waals surface area contributed by atoms with Gasteiger partial charge >= 0.3 is 12.6 Å². The van der Waals surface area contributed by atoms with Crippen molar-refractivity contribution in [1.82, 2.24) is 0 Å². The third-order valence-electron chi connectivity index (χ3n) is 3.63. The van der Waals surface area contributed by atoms with Crippen molar-refractivity contribution in [3.05, 3.63) is 64.7 Å². The Morgan fingerprint density at radius 2 is 1.89 bits per heavy atom. The largest absolute Gasteiger partial charge is 0.449 e. The molecule has 0 aliphatic heterocycles. The van der Waals surface area contributed by atoms with Crippen LogP contribution in [0.15, 0.2) is 48.5 Å². The molecule has 0 aromatic heterocycles. The van der Waals surface area contributed by atoms with E-state index in [1.165, 1.54) is 37.3 Å². The molecule has 0 heterocycles. The molecular weight excluding hydrogens is 392 g/mol. The fraction of sp³-hybridized carbons (Fsp3) is 0.200. The summed E-state index contributed by atoms with van der Waals surface area (Å²) in [6.45, 7) is 0.184. The molecule has 2 rings (SSSR count). The van der Waals surface area contributed by atoms with Crippen LogP contribution in [0.1, 0.15) is 18.1 Å². The number of halogens is 3. The predicted molar refractivity (Wildman–Crippen MR) is 102 cm³/mol. The number of carbonyl (C=O) groups excluding carboxylic acids is 2. The van der Waals surface area contributed by atoms with E-state index in [0.29, 0.717) is 10.6 Å². The van der Waals surface area contributed by atoms with Crippen LogP contribution in [-0.2, 0) is 14.3 Å². The van der Waals surface area contributed by atoms with E-state index < -0.39 is 24.6 Å². The van der Waals surface area contributed by atoms with Crippen molar-refractivity contribution in [2.45, 2.75) is 26.6 Å². The highest BCUT2D eigenvalue weighted by atomic mass is 35.5. The third kappa shape index (κ3) is 6.35. The number of nitrogens with one attached hydrogen (secondary N) is 1. The van der Waals surface area contributed by atoms with Gasteiger partial charge in [-0.15, -0.1) is 0 Å². The van der Waals surface area contributed by atoms with Crippen LogP contribution in [0.25, 0.3) is 6.08 Å². The van der Waals surface area contributed by atoms with Gasteiger partial charge in [-0.1, -0.05) is 35.9 Å². The first-order valence-corrected chi connectivity index (χ1v) is 8.63. The van der Waals surface area contributed by atoms with Crippen LogP contribution in [0.2, 0.25) is 5.02 Å². The Balaban J connectivity index is 1.95. The van der Waals surface area contributed by atoms with Crippen LogP contribution in [0, 0.1) is 6.92 Å². The summed E-state index contributed by atoms with van der Waals surface area (Å²) in [6, 6.07) is 11.0. The second-order valence-corrected chi connectivity index (χ2v) is 6.19. The molecule has 0 aliphatic rings. The first-order valence-electron chi connectivity index (χ1n) is 8.26. The van der Waals surface area contributed by atoms with Gasteiger partial charge in [-0.3, -0.25) is 4.79 Å². The Bertz CT molecular complexity index is 886. The number of esters is 1. The molecule has 0 aliphatic carbocycles. The quantitative estimate of drug-likeness (QED) is 0.525. The number of benzene rings is 2. The number of aryl methyl sites for hydroxylation is 1. The van der Waals surface area contributed by atoms with Gasteiger partial charge in [-0.05, 0) is 49.2 Å². The van der Waals surface area contributed by atoms with E-state index in [2.05, 4.69) is 10.1 Å². The molecule has 28 heavy (non-hydrogen) atoms. The lowest BCUT2D eigenvalue weighted by atomic mass is 10.1. The van der Waals surface area contributed by atoms with Gasteiger partial charge in [-0.2, -0.15) is 8.78 Å². The minimum absolute atomic E-state index is 0.0422. The van der Waals surface area contributed by atoms with Crippen LogP contribution in [-0.4, -0.2) is 24.6 Å². The average Bonchev–Trinajstić information content (AvgIpc) is 2.63. The molecule has 0 unspecified atom stereocenters. The predicted octanol–water partition coefficient (Wildman–Crippen LogP) is 4.83. The number of alkyl halides is 2. The summed E-state index contributed by atoms with van der Waals surface area (Å²) in [7, 11) is 0. The van der Waals surface area contributed by atoms with Gasteiger partial charge in [0.25, 0.3) is 5.91 Å². The SMILES string of the molecule is Cc1ccc(/C=C/C(=O)O[C@@H](C)C(=O)Nc2ccccc2OC(F)F)cc1Cl. The summed E-state index contributed by atoms with van der Waals surface area (Å²) >= 11 is 6.02. The van der Waals surface area contributed by atoms with Crippen molar-refractivity contribution in [2.24, 2.45) is 0 Å². The third-order valence-corrected chi connectivity index (χ3v) is 4.04. The molecule has 2 aromatic carbocycles. The number of hydrogen-bond acceptors (Lipinski definition) is 4. The lowest BCUT2D eigenvalue weighted by molar-refractivity contribution is -0.148. The number of carbonyl (C=O) groups is 2. The zero-order chi connectivity index (χ0) is 20.7. The Morgan fingerprint density at radius 1 is 1.18 bits per heavy atom. The molecule has 8 heteroatoms. The first kappa shape index (κ1) is 21.4. The van der Waals surface area contributed by atoms with E-state index in [0.717, 1.165) is 5.56 Å². The van der Waals surface area contributed by atoms with Gasteiger partial charge in [-0.25, -0.2) is 4.79 Å². The number of para-hydroxylation sites is 2. The molecule has 0 saturated carbocycles. The highest BCUT2D eigenvalue weighted by Gasteiger charge is 2.19. The summed E-state index contributed by atoms with van der Waals surface area (Å²) in [6.07, 6.45) is 1.52. The van der Waals surface area contributed by atoms with E-state index in [1.54, 1.807) is 18.2 Å². The summed E-state index contributed by atoms with van der Waals surface area (Å²) < 4.78 is 34.2. The lowest BCUT2D eigenvalue weighted by Crippen LogP contribution is -2.29.